The molecule has 146 valence electrons. The van der Waals surface area contributed by atoms with Crippen LogP contribution < -0.4 is 5.32 Å². The van der Waals surface area contributed by atoms with E-state index in [2.05, 4.69) is 4.98 Å². The van der Waals surface area contributed by atoms with Crippen LogP contribution in [0, 0.1) is 13.8 Å². The van der Waals surface area contributed by atoms with Gasteiger partial charge in [0.15, 0.2) is 11.8 Å². The van der Waals surface area contributed by atoms with Gasteiger partial charge >= 0.3 is 5.97 Å². The Morgan fingerprint density at radius 1 is 1.11 bits per heavy atom. The smallest absolute Gasteiger partial charge is 0.339 e. The Morgan fingerprint density at radius 3 is 2.43 bits per heavy atom. The van der Waals surface area contributed by atoms with Crippen molar-refractivity contribution in [2.75, 3.05) is 7.11 Å². The van der Waals surface area contributed by atoms with Gasteiger partial charge in [0.1, 0.15) is 6.04 Å². The van der Waals surface area contributed by atoms with Crippen LogP contribution in [0.4, 0.5) is 0 Å². The van der Waals surface area contributed by atoms with Gasteiger partial charge in [0.2, 0.25) is 5.78 Å². The molecule has 0 fully saturated rings. The van der Waals surface area contributed by atoms with Crippen LogP contribution in [0.5, 0.6) is 0 Å². The molecule has 6 heteroatoms. The number of benzene rings is 1. The molecule has 0 aliphatic heterocycles. The SMILES string of the molecule is COC(=O)c1c(C)[nH]c(C(=O)[C@H](C)[NH2+][C@@H](c2ccccc2)c2ccco2)c1C. The Balaban J connectivity index is 1.88. The third-order valence-corrected chi connectivity index (χ3v) is 4.98. The second-order valence-corrected chi connectivity index (χ2v) is 6.87. The van der Waals surface area contributed by atoms with E-state index in [0.29, 0.717) is 22.5 Å². The molecule has 0 aliphatic carbocycles. The molecule has 0 bridgehead atoms. The monoisotopic (exact) mass is 381 g/mol. The number of nitrogens with one attached hydrogen (secondary N) is 1. The predicted molar refractivity (Wildman–Crippen MR) is 104 cm³/mol. The molecule has 3 rings (SSSR count). The summed E-state index contributed by atoms with van der Waals surface area (Å²) in [7, 11) is 1.33. The standard InChI is InChI=1S/C22H24N2O4/c1-13-18(22(26)27-4)14(2)23-19(13)21(25)15(3)24-20(17-11-8-12-28-17)16-9-6-5-7-10-16/h5-12,15,20,23-24H,1-4H3/p+1/t15-,20-/m0/s1. The second kappa shape index (κ2) is 8.27. The van der Waals surface area contributed by atoms with Crippen LogP contribution in [0.3, 0.4) is 0 Å². The molecular weight excluding hydrogens is 356 g/mol. The van der Waals surface area contributed by atoms with Crippen molar-refractivity contribution >= 4 is 11.8 Å². The lowest BCUT2D eigenvalue weighted by Gasteiger charge is -2.18. The van der Waals surface area contributed by atoms with Gasteiger partial charge in [-0.1, -0.05) is 30.3 Å². The fourth-order valence-corrected chi connectivity index (χ4v) is 3.51. The maximum absolute atomic E-state index is 13.1. The van der Waals surface area contributed by atoms with E-state index in [0.717, 1.165) is 11.3 Å². The molecule has 6 nitrogen and oxygen atoms in total. The van der Waals surface area contributed by atoms with Crippen LogP contribution >= 0.6 is 0 Å². The number of furan rings is 1. The lowest BCUT2D eigenvalue weighted by atomic mass is 10.0. The van der Waals surface area contributed by atoms with E-state index in [1.807, 2.05) is 54.7 Å². The van der Waals surface area contributed by atoms with E-state index < -0.39 is 12.0 Å². The van der Waals surface area contributed by atoms with Crippen LogP contribution in [0.1, 0.15) is 56.4 Å². The van der Waals surface area contributed by atoms with E-state index in [9.17, 15) is 9.59 Å². The Bertz CT molecular complexity index is 958. The van der Waals surface area contributed by atoms with Crippen molar-refractivity contribution in [1.29, 1.82) is 0 Å². The zero-order chi connectivity index (χ0) is 20.3. The lowest BCUT2D eigenvalue weighted by Crippen LogP contribution is -2.92. The van der Waals surface area contributed by atoms with E-state index >= 15 is 0 Å². The van der Waals surface area contributed by atoms with E-state index in [1.54, 1.807) is 20.1 Å². The summed E-state index contributed by atoms with van der Waals surface area (Å²) in [6, 6.07) is 13.1. The molecule has 0 spiro atoms. The van der Waals surface area contributed by atoms with Crippen LogP contribution in [0.15, 0.2) is 53.1 Å². The normalized spacial score (nSPS) is 13.1. The zero-order valence-electron chi connectivity index (χ0n) is 16.5. The van der Waals surface area contributed by atoms with Crippen molar-refractivity contribution in [2.24, 2.45) is 0 Å². The molecule has 0 amide bonds. The van der Waals surface area contributed by atoms with Gasteiger partial charge in [-0.2, -0.15) is 0 Å². The number of aryl methyl sites for hydroxylation is 1. The van der Waals surface area contributed by atoms with Gasteiger partial charge in [0, 0.05) is 11.3 Å². The van der Waals surface area contributed by atoms with Crippen LogP contribution in [-0.4, -0.2) is 29.9 Å². The molecule has 0 saturated heterocycles. The molecule has 0 unspecified atom stereocenters. The minimum Gasteiger partial charge on any atom is -0.465 e. The average molecular weight is 381 g/mol. The third-order valence-electron chi connectivity index (χ3n) is 4.98. The predicted octanol–water partition coefficient (Wildman–Crippen LogP) is 2.94. The van der Waals surface area contributed by atoms with Gasteiger partial charge in [-0.25, -0.2) is 4.79 Å². The van der Waals surface area contributed by atoms with Gasteiger partial charge in [0.05, 0.1) is 24.6 Å². The third kappa shape index (κ3) is 3.77. The molecule has 0 radical (unpaired) electrons. The van der Waals surface area contributed by atoms with Gasteiger partial charge in [-0.3, -0.25) is 4.79 Å². The molecule has 28 heavy (non-hydrogen) atoms. The number of ether oxygens (including phenoxy) is 1. The number of esters is 1. The van der Waals surface area contributed by atoms with Crippen molar-refractivity contribution in [3.8, 4) is 0 Å². The number of hydrogen-bond donors (Lipinski definition) is 2. The van der Waals surface area contributed by atoms with Crippen molar-refractivity contribution in [1.82, 2.24) is 4.98 Å². The first kappa shape index (κ1) is 19.6. The van der Waals surface area contributed by atoms with E-state index in [1.165, 1.54) is 7.11 Å². The number of methoxy groups -OCH3 is 1. The fourth-order valence-electron chi connectivity index (χ4n) is 3.51. The Kier molecular flexibility index (Phi) is 5.80. The number of rotatable bonds is 7. The van der Waals surface area contributed by atoms with Crippen molar-refractivity contribution in [3.63, 3.8) is 0 Å². The number of quaternary nitrogens is 1. The summed E-state index contributed by atoms with van der Waals surface area (Å²) in [4.78, 5) is 28.2. The van der Waals surface area contributed by atoms with Gasteiger partial charge < -0.3 is 19.5 Å². The van der Waals surface area contributed by atoms with Gasteiger partial charge in [-0.15, -0.1) is 0 Å². The van der Waals surface area contributed by atoms with Gasteiger partial charge in [-0.05, 0) is 38.5 Å². The molecule has 1 aromatic carbocycles. The molecule has 2 heterocycles. The second-order valence-electron chi connectivity index (χ2n) is 6.87. The minimum atomic E-state index is -0.445. The number of hydrogen-bond acceptors (Lipinski definition) is 4. The number of carbonyl (C=O) groups excluding carboxylic acids is 2. The molecule has 0 saturated carbocycles. The number of Topliss-reactive ketones (excluding diaryl/α,β-unsaturated/α-hetero) is 1. The maximum Gasteiger partial charge on any atom is 0.339 e. The highest BCUT2D eigenvalue weighted by atomic mass is 16.5. The highest BCUT2D eigenvalue weighted by Gasteiger charge is 2.30. The summed E-state index contributed by atoms with van der Waals surface area (Å²) in [5, 5.41) is 1.98. The highest BCUT2D eigenvalue weighted by Crippen LogP contribution is 2.21. The average Bonchev–Trinajstić information content (AvgIpc) is 3.33. The molecule has 2 aromatic heterocycles. The Morgan fingerprint density at radius 2 is 1.82 bits per heavy atom. The van der Waals surface area contributed by atoms with Crippen molar-refractivity contribution < 1.29 is 24.1 Å². The molecule has 2 atom stereocenters. The molecule has 3 N–H and O–H groups in total. The number of ketones is 1. The van der Waals surface area contributed by atoms with E-state index in [4.69, 9.17) is 9.15 Å². The number of carbonyl (C=O) groups is 2. The summed E-state index contributed by atoms with van der Waals surface area (Å²) < 4.78 is 10.5. The summed E-state index contributed by atoms with van der Waals surface area (Å²) in [5.74, 6) is 0.253. The van der Waals surface area contributed by atoms with E-state index in [-0.39, 0.29) is 11.8 Å². The van der Waals surface area contributed by atoms with Crippen molar-refractivity contribution in [2.45, 2.75) is 32.9 Å². The maximum atomic E-state index is 13.1. The topological polar surface area (TPSA) is 88.9 Å². The summed E-state index contributed by atoms with van der Waals surface area (Å²) in [5.41, 5.74) is 3.15. The van der Waals surface area contributed by atoms with Crippen LogP contribution in [0.25, 0.3) is 0 Å². The molecule has 3 aromatic rings. The minimum absolute atomic E-state index is 0.0803. The fraction of sp³-hybridized carbons (Fsp3) is 0.273. The highest BCUT2D eigenvalue weighted by molar-refractivity contribution is 6.03. The number of aromatic amines is 1. The first-order chi connectivity index (χ1) is 13.4. The quantitative estimate of drug-likeness (QED) is 0.486. The number of nitrogens with two attached hydrogens (primary N) is 1. The molecular formula is C22H25N2O4+. The molecule has 0 aliphatic rings. The largest absolute Gasteiger partial charge is 0.465 e. The van der Waals surface area contributed by atoms with Crippen LogP contribution in [0.2, 0.25) is 0 Å². The summed E-state index contributed by atoms with van der Waals surface area (Å²) in [6.07, 6.45) is 1.63. The van der Waals surface area contributed by atoms with Crippen molar-refractivity contribution in [3.05, 3.63) is 82.6 Å². The van der Waals surface area contributed by atoms with Gasteiger partial charge in [0.25, 0.3) is 0 Å². The first-order valence-corrected chi connectivity index (χ1v) is 9.19. The summed E-state index contributed by atoms with van der Waals surface area (Å²) >= 11 is 0. The summed E-state index contributed by atoms with van der Waals surface area (Å²) in [6.45, 7) is 5.38. The van der Waals surface area contributed by atoms with Crippen LogP contribution in [-0.2, 0) is 4.74 Å². The Hall–Kier alpha value is -3.12. The number of H-pyrrole nitrogens is 1. The lowest BCUT2D eigenvalue weighted by molar-refractivity contribution is -0.705. The first-order valence-electron chi connectivity index (χ1n) is 9.19. The number of aromatic nitrogens is 1. The Labute approximate surface area is 163 Å². The zero-order valence-corrected chi connectivity index (χ0v) is 16.5.